The third-order valence-corrected chi connectivity index (χ3v) is 5.95. The van der Waals surface area contributed by atoms with Crippen molar-refractivity contribution in [3.63, 3.8) is 0 Å². The Kier molecular flexibility index (Phi) is 7.88. The minimum Gasteiger partial charge on any atom is -0.319 e. The Hall–Kier alpha value is -3.44. The lowest BCUT2D eigenvalue weighted by atomic mass is 9.97. The van der Waals surface area contributed by atoms with Crippen LogP contribution in [-0.4, -0.2) is 48.6 Å². The molecule has 0 radical (unpaired) electrons. The number of hydrogen-bond acceptors (Lipinski definition) is 2. The lowest BCUT2D eigenvalue weighted by Gasteiger charge is -2.25. The third kappa shape index (κ3) is 6.53. The quantitative estimate of drug-likeness (QED) is 0.471. The first kappa shape index (κ1) is 22.7. The van der Waals surface area contributed by atoms with Crippen molar-refractivity contribution < 1.29 is 9.18 Å². The molecule has 0 saturated carbocycles. The SMILES string of the molecule is O=C(Nc1ccc(F)cc1)N(CC=C(c1ccccc1)c1ccccc1)CCN1CCCC1. The van der Waals surface area contributed by atoms with Crippen LogP contribution in [0.2, 0.25) is 0 Å². The van der Waals surface area contributed by atoms with E-state index in [-0.39, 0.29) is 11.8 Å². The zero-order valence-corrected chi connectivity index (χ0v) is 18.8. The second-order valence-electron chi connectivity index (χ2n) is 8.28. The molecule has 1 fully saturated rings. The van der Waals surface area contributed by atoms with Gasteiger partial charge in [-0.1, -0.05) is 66.7 Å². The molecule has 3 aromatic carbocycles. The Morgan fingerprint density at radius 3 is 2.03 bits per heavy atom. The van der Waals surface area contributed by atoms with Gasteiger partial charge in [-0.15, -0.1) is 0 Å². The predicted octanol–water partition coefficient (Wildman–Crippen LogP) is 5.89. The summed E-state index contributed by atoms with van der Waals surface area (Å²) >= 11 is 0. The molecule has 1 heterocycles. The van der Waals surface area contributed by atoms with Crippen LogP contribution in [-0.2, 0) is 0 Å². The van der Waals surface area contributed by atoms with Crippen LogP contribution in [0.1, 0.15) is 24.0 Å². The molecule has 1 saturated heterocycles. The second-order valence-corrected chi connectivity index (χ2v) is 8.28. The molecule has 1 aliphatic rings. The van der Waals surface area contributed by atoms with Crippen LogP contribution in [0.5, 0.6) is 0 Å². The van der Waals surface area contributed by atoms with Gasteiger partial charge in [0, 0.05) is 25.3 Å². The molecule has 5 heteroatoms. The number of benzene rings is 3. The number of likely N-dealkylation sites (tertiary alicyclic amines) is 1. The summed E-state index contributed by atoms with van der Waals surface area (Å²) < 4.78 is 13.3. The maximum atomic E-state index is 13.3. The number of carbonyl (C=O) groups excluding carboxylic acids is 1. The summed E-state index contributed by atoms with van der Waals surface area (Å²) in [6.45, 7) is 4.11. The molecule has 0 bridgehead atoms. The molecule has 2 amide bonds. The first-order valence-electron chi connectivity index (χ1n) is 11.5. The minimum absolute atomic E-state index is 0.183. The maximum absolute atomic E-state index is 13.3. The van der Waals surface area contributed by atoms with E-state index < -0.39 is 0 Å². The van der Waals surface area contributed by atoms with Gasteiger partial charge in [-0.3, -0.25) is 0 Å². The molecular weight excluding hydrogens is 413 g/mol. The lowest BCUT2D eigenvalue weighted by Crippen LogP contribution is -2.40. The normalized spacial score (nSPS) is 13.5. The maximum Gasteiger partial charge on any atom is 0.322 e. The van der Waals surface area contributed by atoms with Crippen molar-refractivity contribution in [2.75, 3.05) is 38.0 Å². The number of carbonyl (C=O) groups is 1. The largest absolute Gasteiger partial charge is 0.322 e. The number of rotatable bonds is 8. The van der Waals surface area contributed by atoms with Crippen LogP contribution in [0.4, 0.5) is 14.9 Å². The highest BCUT2D eigenvalue weighted by Crippen LogP contribution is 2.23. The number of urea groups is 1. The summed E-state index contributed by atoms with van der Waals surface area (Å²) in [7, 11) is 0. The van der Waals surface area contributed by atoms with Gasteiger partial charge in [0.25, 0.3) is 0 Å². The fraction of sp³-hybridized carbons (Fsp3) is 0.250. The predicted molar refractivity (Wildman–Crippen MR) is 133 cm³/mol. The highest BCUT2D eigenvalue weighted by Gasteiger charge is 2.17. The van der Waals surface area contributed by atoms with Gasteiger partial charge in [-0.2, -0.15) is 0 Å². The van der Waals surface area contributed by atoms with Crippen LogP contribution >= 0.6 is 0 Å². The van der Waals surface area contributed by atoms with Gasteiger partial charge in [0.05, 0.1) is 0 Å². The molecule has 0 aliphatic carbocycles. The number of anilines is 1. The zero-order valence-electron chi connectivity index (χ0n) is 18.8. The van der Waals surface area contributed by atoms with E-state index in [1.165, 1.54) is 25.0 Å². The number of hydrogen-bond donors (Lipinski definition) is 1. The molecule has 170 valence electrons. The molecule has 0 unspecified atom stereocenters. The molecular formula is C28H30FN3O. The Morgan fingerprint density at radius 1 is 0.879 bits per heavy atom. The monoisotopic (exact) mass is 443 g/mol. The van der Waals surface area contributed by atoms with E-state index in [2.05, 4.69) is 40.6 Å². The van der Waals surface area contributed by atoms with Gasteiger partial charge in [0.2, 0.25) is 0 Å². The Labute approximate surface area is 195 Å². The summed E-state index contributed by atoms with van der Waals surface area (Å²) in [5.74, 6) is -0.322. The fourth-order valence-electron chi connectivity index (χ4n) is 4.12. The molecule has 4 rings (SSSR count). The van der Waals surface area contributed by atoms with E-state index in [0.717, 1.165) is 36.3 Å². The van der Waals surface area contributed by atoms with Crippen LogP contribution < -0.4 is 5.32 Å². The Balaban J connectivity index is 1.55. The molecule has 1 N–H and O–H groups in total. The van der Waals surface area contributed by atoms with E-state index in [1.807, 2.05) is 41.3 Å². The van der Waals surface area contributed by atoms with Gasteiger partial charge < -0.3 is 15.1 Å². The van der Waals surface area contributed by atoms with Crippen molar-refractivity contribution >= 4 is 17.3 Å². The van der Waals surface area contributed by atoms with Crippen LogP contribution in [0.15, 0.2) is 91.0 Å². The van der Waals surface area contributed by atoms with E-state index in [0.29, 0.717) is 18.8 Å². The highest BCUT2D eigenvalue weighted by molar-refractivity contribution is 5.89. The van der Waals surface area contributed by atoms with Gasteiger partial charge in [0.15, 0.2) is 0 Å². The molecule has 0 atom stereocenters. The average molecular weight is 444 g/mol. The second kappa shape index (κ2) is 11.4. The summed E-state index contributed by atoms with van der Waals surface area (Å²) in [4.78, 5) is 17.4. The van der Waals surface area contributed by atoms with Gasteiger partial charge in [-0.05, 0) is 66.9 Å². The highest BCUT2D eigenvalue weighted by atomic mass is 19.1. The summed E-state index contributed by atoms with van der Waals surface area (Å²) in [5, 5.41) is 2.92. The van der Waals surface area contributed by atoms with E-state index >= 15 is 0 Å². The molecule has 4 nitrogen and oxygen atoms in total. The first-order valence-corrected chi connectivity index (χ1v) is 11.5. The Morgan fingerprint density at radius 2 is 1.45 bits per heavy atom. The lowest BCUT2D eigenvalue weighted by molar-refractivity contribution is 0.207. The zero-order chi connectivity index (χ0) is 22.9. The number of nitrogens with one attached hydrogen (secondary N) is 1. The molecule has 0 spiro atoms. The molecule has 33 heavy (non-hydrogen) atoms. The van der Waals surface area contributed by atoms with Crippen molar-refractivity contribution in [2.24, 2.45) is 0 Å². The van der Waals surface area contributed by atoms with Crippen LogP contribution in [0.25, 0.3) is 5.57 Å². The first-order chi connectivity index (χ1) is 16.2. The van der Waals surface area contributed by atoms with E-state index in [9.17, 15) is 9.18 Å². The molecule has 3 aromatic rings. The number of amides is 2. The molecule has 1 aliphatic heterocycles. The number of nitrogens with zero attached hydrogens (tertiary/aromatic N) is 2. The van der Waals surface area contributed by atoms with Gasteiger partial charge >= 0.3 is 6.03 Å². The molecule has 0 aromatic heterocycles. The fourth-order valence-corrected chi connectivity index (χ4v) is 4.12. The van der Waals surface area contributed by atoms with E-state index in [4.69, 9.17) is 0 Å². The van der Waals surface area contributed by atoms with Gasteiger partial charge in [-0.25, -0.2) is 9.18 Å². The van der Waals surface area contributed by atoms with Crippen molar-refractivity contribution in [2.45, 2.75) is 12.8 Å². The minimum atomic E-state index is -0.322. The van der Waals surface area contributed by atoms with E-state index in [1.54, 1.807) is 12.1 Å². The van der Waals surface area contributed by atoms with Crippen LogP contribution in [0, 0.1) is 5.82 Å². The Bertz CT molecular complexity index is 1000. The van der Waals surface area contributed by atoms with Crippen molar-refractivity contribution in [3.05, 3.63) is 108 Å². The summed E-state index contributed by atoms with van der Waals surface area (Å²) in [5.41, 5.74) is 3.91. The topological polar surface area (TPSA) is 35.6 Å². The summed E-state index contributed by atoms with van der Waals surface area (Å²) in [6, 6.07) is 26.2. The van der Waals surface area contributed by atoms with Crippen molar-refractivity contribution in [3.8, 4) is 0 Å². The number of halogens is 1. The van der Waals surface area contributed by atoms with Crippen molar-refractivity contribution in [1.82, 2.24) is 9.80 Å². The summed E-state index contributed by atoms with van der Waals surface area (Å²) in [6.07, 6.45) is 4.56. The van der Waals surface area contributed by atoms with Crippen molar-refractivity contribution in [1.29, 1.82) is 0 Å². The smallest absolute Gasteiger partial charge is 0.319 e. The third-order valence-electron chi connectivity index (χ3n) is 5.95. The van der Waals surface area contributed by atoms with Gasteiger partial charge in [0.1, 0.15) is 5.82 Å². The standard InChI is InChI=1S/C28H30FN3O/c29-25-13-15-26(16-14-25)30-28(33)32(22-21-31-18-7-8-19-31)20-17-27(23-9-3-1-4-10-23)24-11-5-2-6-12-24/h1-6,9-17H,7-8,18-22H2,(H,30,33). The van der Waals surface area contributed by atoms with Crippen LogP contribution in [0.3, 0.4) is 0 Å². The average Bonchev–Trinajstić information content (AvgIpc) is 3.37.